The van der Waals surface area contributed by atoms with Gasteiger partial charge >= 0.3 is 0 Å². The highest BCUT2D eigenvalue weighted by atomic mass is 16.5. The Bertz CT molecular complexity index is 1440. The van der Waals surface area contributed by atoms with Crippen LogP contribution in [0.3, 0.4) is 0 Å². The summed E-state index contributed by atoms with van der Waals surface area (Å²) in [6.45, 7) is 0.360. The molecule has 5 rings (SSSR count). The summed E-state index contributed by atoms with van der Waals surface area (Å²) in [5, 5.41) is 12.2. The van der Waals surface area contributed by atoms with Crippen molar-refractivity contribution in [3.63, 3.8) is 0 Å². The smallest absolute Gasteiger partial charge is 0.124 e. The molecule has 0 spiro atoms. The highest BCUT2D eigenvalue weighted by Gasteiger charge is 2.20. The van der Waals surface area contributed by atoms with Gasteiger partial charge in [0.05, 0.1) is 36.5 Å². The predicted octanol–water partition coefficient (Wildman–Crippen LogP) is 6.42. The molecule has 0 aliphatic rings. The molecule has 0 fully saturated rings. The van der Waals surface area contributed by atoms with E-state index in [2.05, 4.69) is 47.5 Å². The molecule has 1 atom stereocenters. The van der Waals surface area contributed by atoms with Gasteiger partial charge in [0.2, 0.25) is 0 Å². The molecule has 0 aliphatic heterocycles. The van der Waals surface area contributed by atoms with Gasteiger partial charge in [-0.1, -0.05) is 84.9 Å². The Morgan fingerprint density at radius 1 is 0.909 bits per heavy atom. The van der Waals surface area contributed by atoms with E-state index in [9.17, 15) is 5.26 Å². The summed E-state index contributed by atoms with van der Waals surface area (Å²) in [5.74, 6) is 0. The van der Waals surface area contributed by atoms with Crippen LogP contribution in [0.1, 0.15) is 28.5 Å². The van der Waals surface area contributed by atoms with Crippen LogP contribution in [0.15, 0.2) is 104 Å². The van der Waals surface area contributed by atoms with E-state index in [0.717, 1.165) is 38.7 Å². The quantitative estimate of drug-likeness (QED) is 0.313. The lowest BCUT2D eigenvalue weighted by Gasteiger charge is -2.21. The molecule has 0 bridgehead atoms. The lowest BCUT2D eigenvalue weighted by molar-refractivity contribution is 0.0624. The molecule has 4 heteroatoms. The Labute approximate surface area is 193 Å². The third-order valence-corrected chi connectivity index (χ3v) is 5.96. The van der Waals surface area contributed by atoms with E-state index in [4.69, 9.17) is 4.74 Å². The minimum absolute atomic E-state index is 0.273. The van der Waals surface area contributed by atoms with E-state index in [1.54, 1.807) is 6.33 Å². The number of benzene rings is 4. The van der Waals surface area contributed by atoms with Crippen molar-refractivity contribution < 1.29 is 4.74 Å². The number of fused-ring (bicyclic) bond motifs is 1. The van der Waals surface area contributed by atoms with Gasteiger partial charge in [-0.05, 0) is 33.5 Å². The van der Waals surface area contributed by atoms with Crippen molar-refractivity contribution in [3.05, 3.63) is 126 Å². The van der Waals surface area contributed by atoms with Crippen LogP contribution in [0, 0.1) is 11.3 Å². The minimum atomic E-state index is -0.273. The van der Waals surface area contributed by atoms with Crippen LogP contribution in [-0.2, 0) is 18.4 Å². The van der Waals surface area contributed by atoms with E-state index in [1.807, 2.05) is 72.4 Å². The summed E-state index contributed by atoms with van der Waals surface area (Å²) >= 11 is 0. The average Bonchev–Trinajstić information content (AvgIpc) is 3.30. The molecule has 33 heavy (non-hydrogen) atoms. The SMILES string of the molecule is Cn1cncc1C(OCc1cccc(C#N)c1-c1cccc2ccccc12)c1ccccc1. The van der Waals surface area contributed by atoms with E-state index in [-0.39, 0.29) is 6.10 Å². The molecule has 5 aromatic rings. The number of nitrogens with zero attached hydrogens (tertiary/aromatic N) is 3. The van der Waals surface area contributed by atoms with Gasteiger partial charge in [-0.3, -0.25) is 0 Å². The second-order valence-corrected chi connectivity index (χ2v) is 8.01. The van der Waals surface area contributed by atoms with Crippen LogP contribution in [0.4, 0.5) is 0 Å². The normalized spacial score (nSPS) is 11.9. The molecule has 0 saturated carbocycles. The van der Waals surface area contributed by atoms with Crippen molar-refractivity contribution in [2.45, 2.75) is 12.7 Å². The lowest BCUT2D eigenvalue weighted by atomic mass is 9.91. The lowest BCUT2D eigenvalue weighted by Crippen LogP contribution is -2.11. The first-order chi connectivity index (χ1) is 16.3. The predicted molar refractivity (Wildman–Crippen MR) is 130 cm³/mol. The highest BCUT2D eigenvalue weighted by Crippen LogP contribution is 2.35. The van der Waals surface area contributed by atoms with Crippen molar-refractivity contribution in [1.29, 1.82) is 5.26 Å². The second-order valence-electron chi connectivity index (χ2n) is 8.01. The highest BCUT2D eigenvalue weighted by molar-refractivity contribution is 5.98. The third-order valence-electron chi connectivity index (χ3n) is 5.96. The summed E-state index contributed by atoms with van der Waals surface area (Å²) in [4.78, 5) is 4.29. The summed E-state index contributed by atoms with van der Waals surface area (Å²) < 4.78 is 8.52. The standard InChI is InChI=1S/C29H23N3O/c1-32-20-31-18-27(32)29(22-10-3-2-4-11-22)33-19-24-14-7-13-23(17-30)28(24)26-16-8-12-21-9-5-6-15-25(21)26/h2-16,18,20,29H,19H2,1H3. The van der Waals surface area contributed by atoms with Crippen molar-refractivity contribution in [2.24, 2.45) is 7.05 Å². The summed E-state index contributed by atoms with van der Waals surface area (Å²) in [6.07, 6.45) is 3.35. The van der Waals surface area contributed by atoms with Gasteiger partial charge in [-0.15, -0.1) is 0 Å². The Hall–Kier alpha value is -4.20. The van der Waals surface area contributed by atoms with Crippen LogP contribution < -0.4 is 0 Å². The summed E-state index contributed by atoms with van der Waals surface area (Å²) in [7, 11) is 1.97. The summed E-state index contributed by atoms with van der Waals surface area (Å²) in [5.41, 5.74) is 5.63. The first-order valence-corrected chi connectivity index (χ1v) is 10.9. The van der Waals surface area contributed by atoms with Crippen LogP contribution >= 0.6 is 0 Å². The van der Waals surface area contributed by atoms with Gasteiger partial charge in [0.15, 0.2) is 0 Å². The molecule has 1 heterocycles. The monoisotopic (exact) mass is 429 g/mol. The van der Waals surface area contributed by atoms with Crippen LogP contribution in [-0.4, -0.2) is 9.55 Å². The fourth-order valence-electron chi connectivity index (χ4n) is 4.35. The molecular formula is C29H23N3O. The Kier molecular flexibility index (Phi) is 5.72. The number of aromatic nitrogens is 2. The van der Waals surface area contributed by atoms with E-state index in [0.29, 0.717) is 12.2 Å². The minimum Gasteiger partial charge on any atom is -0.362 e. The van der Waals surface area contributed by atoms with Crippen molar-refractivity contribution in [2.75, 3.05) is 0 Å². The fraction of sp³-hybridized carbons (Fsp3) is 0.103. The maximum Gasteiger partial charge on any atom is 0.124 e. The van der Waals surface area contributed by atoms with E-state index < -0.39 is 0 Å². The molecule has 4 nitrogen and oxygen atoms in total. The molecule has 0 saturated heterocycles. The fourth-order valence-corrected chi connectivity index (χ4v) is 4.35. The molecule has 0 radical (unpaired) electrons. The molecule has 1 unspecified atom stereocenters. The number of hydrogen-bond donors (Lipinski definition) is 0. The Morgan fingerprint density at radius 2 is 1.67 bits per heavy atom. The van der Waals surface area contributed by atoms with Gasteiger partial charge in [-0.2, -0.15) is 5.26 Å². The van der Waals surface area contributed by atoms with Crippen molar-refractivity contribution in [1.82, 2.24) is 9.55 Å². The van der Waals surface area contributed by atoms with Crippen molar-refractivity contribution >= 4 is 10.8 Å². The molecular weight excluding hydrogens is 406 g/mol. The Morgan fingerprint density at radius 3 is 2.45 bits per heavy atom. The topological polar surface area (TPSA) is 50.8 Å². The molecule has 0 amide bonds. The zero-order chi connectivity index (χ0) is 22.6. The molecule has 0 N–H and O–H groups in total. The van der Waals surface area contributed by atoms with E-state index >= 15 is 0 Å². The van der Waals surface area contributed by atoms with Gasteiger partial charge in [0.1, 0.15) is 6.10 Å². The first kappa shape index (κ1) is 20.7. The number of nitriles is 1. The average molecular weight is 430 g/mol. The van der Waals surface area contributed by atoms with Gasteiger partial charge < -0.3 is 9.30 Å². The van der Waals surface area contributed by atoms with Gasteiger partial charge in [-0.25, -0.2) is 4.98 Å². The van der Waals surface area contributed by atoms with Gasteiger partial charge in [0, 0.05) is 12.6 Å². The molecule has 1 aromatic heterocycles. The number of ether oxygens (including phenoxy) is 1. The Balaban J connectivity index is 1.58. The zero-order valence-corrected chi connectivity index (χ0v) is 18.3. The maximum absolute atomic E-state index is 9.92. The number of aryl methyl sites for hydroxylation is 1. The summed E-state index contributed by atoms with van der Waals surface area (Å²) in [6, 6.07) is 32.9. The van der Waals surface area contributed by atoms with E-state index in [1.165, 1.54) is 0 Å². The first-order valence-electron chi connectivity index (χ1n) is 10.9. The maximum atomic E-state index is 9.92. The van der Waals surface area contributed by atoms with Crippen LogP contribution in [0.5, 0.6) is 0 Å². The third kappa shape index (κ3) is 4.03. The van der Waals surface area contributed by atoms with Crippen molar-refractivity contribution in [3.8, 4) is 17.2 Å². The molecule has 4 aromatic carbocycles. The number of hydrogen-bond acceptors (Lipinski definition) is 3. The number of rotatable bonds is 6. The molecule has 160 valence electrons. The molecule has 0 aliphatic carbocycles. The zero-order valence-electron chi connectivity index (χ0n) is 18.3. The second kappa shape index (κ2) is 9.12. The van der Waals surface area contributed by atoms with Gasteiger partial charge in [0.25, 0.3) is 0 Å². The largest absolute Gasteiger partial charge is 0.362 e. The van der Waals surface area contributed by atoms with Crippen LogP contribution in [0.2, 0.25) is 0 Å². The van der Waals surface area contributed by atoms with Crippen LogP contribution in [0.25, 0.3) is 21.9 Å². The number of imidazole rings is 1.